The Kier molecular flexibility index (Phi) is 8.39. The van der Waals surface area contributed by atoms with Crippen LogP contribution >= 0.6 is 0 Å². The fraction of sp³-hybridized carbons (Fsp3) is 0.517. The van der Waals surface area contributed by atoms with Crippen LogP contribution in [0.1, 0.15) is 69.5 Å². The minimum Gasteiger partial charge on any atom is -0.496 e. The van der Waals surface area contributed by atoms with Gasteiger partial charge in [-0.2, -0.15) is 0 Å². The highest BCUT2D eigenvalue weighted by molar-refractivity contribution is 5.96. The quantitative estimate of drug-likeness (QED) is 0.476. The molecule has 1 unspecified atom stereocenters. The predicted octanol–water partition coefficient (Wildman–Crippen LogP) is 5.13. The molecule has 0 spiro atoms. The fourth-order valence-electron chi connectivity index (χ4n) is 5.35. The molecule has 1 aliphatic heterocycles. The van der Waals surface area contributed by atoms with Crippen LogP contribution in [0.25, 0.3) is 0 Å². The molecular weight excluding hydrogens is 456 g/mol. The van der Waals surface area contributed by atoms with Gasteiger partial charge in [0.25, 0.3) is 5.91 Å². The number of nitrogens with zero attached hydrogens (tertiary/aromatic N) is 2. The lowest BCUT2D eigenvalue weighted by Crippen LogP contribution is -2.57. The van der Waals surface area contributed by atoms with Crippen molar-refractivity contribution in [3.8, 4) is 17.2 Å². The van der Waals surface area contributed by atoms with Crippen LogP contribution in [0.4, 0.5) is 0 Å². The molecule has 1 saturated heterocycles. The maximum Gasteiger partial charge on any atom is 0.250 e. The Morgan fingerprint density at radius 2 is 1.58 bits per heavy atom. The minimum absolute atomic E-state index is 0.0181. The molecule has 2 amide bonds. The number of piperazine rings is 1. The van der Waals surface area contributed by atoms with Crippen molar-refractivity contribution in [2.75, 3.05) is 20.8 Å². The van der Waals surface area contributed by atoms with Crippen molar-refractivity contribution >= 4 is 11.8 Å². The molecule has 1 heterocycles. The molecule has 0 bridgehead atoms. The number of carbonyl (C=O) groups excluding carboxylic acids is 2. The minimum atomic E-state index is -0.749. The van der Waals surface area contributed by atoms with E-state index in [9.17, 15) is 9.59 Å². The molecule has 0 radical (unpaired) electrons. The first-order chi connectivity index (χ1) is 17.4. The summed E-state index contributed by atoms with van der Waals surface area (Å²) in [6.45, 7) is 4.30. The van der Waals surface area contributed by atoms with Gasteiger partial charge in [0.15, 0.2) is 11.5 Å². The average molecular weight is 495 g/mol. The van der Waals surface area contributed by atoms with Gasteiger partial charge in [-0.1, -0.05) is 49.9 Å². The number of benzene rings is 2. The number of hydrogen-bond acceptors (Lipinski definition) is 5. The first-order valence-corrected chi connectivity index (χ1v) is 13.0. The number of ether oxygens (including phenoxy) is 3. The maximum atomic E-state index is 14.1. The fourth-order valence-corrected chi connectivity index (χ4v) is 5.35. The molecule has 194 valence electrons. The van der Waals surface area contributed by atoms with Crippen LogP contribution in [0.5, 0.6) is 17.2 Å². The van der Waals surface area contributed by atoms with Crippen molar-refractivity contribution in [1.29, 1.82) is 0 Å². The predicted molar refractivity (Wildman–Crippen MR) is 138 cm³/mol. The van der Waals surface area contributed by atoms with E-state index in [4.69, 9.17) is 14.2 Å². The molecule has 2 fully saturated rings. The molecule has 4 rings (SSSR count). The van der Waals surface area contributed by atoms with Crippen molar-refractivity contribution in [2.24, 2.45) is 0 Å². The number of para-hydroxylation sites is 1. The van der Waals surface area contributed by atoms with Gasteiger partial charge in [-0.3, -0.25) is 9.59 Å². The Balaban J connectivity index is 1.73. The smallest absolute Gasteiger partial charge is 0.250 e. The summed E-state index contributed by atoms with van der Waals surface area (Å²) in [6.07, 6.45) is 6.43. The van der Waals surface area contributed by atoms with Crippen molar-refractivity contribution in [3.63, 3.8) is 0 Å². The lowest BCUT2D eigenvalue weighted by atomic mass is 9.96. The molecule has 7 nitrogen and oxygen atoms in total. The summed E-state index contributed by atoms with van der Waals surface area (Å²) in [5.74, 6) is 1.76. The van der Waals surface area contributed by atoms with Crippen LogP contribution in [-0.4, -0.2) is 54.5 Å². The largest absolute Gasteiger partial charge is 0.496 e. The topological polar surface area (TPSA) is 68.3 Å². The summed E-state index contributed by atoms with van der Waals surface area (Å²) in [5, 5.41) is 0. The van der Waals surface area contributed by atoms with E-state index in [-0.39, 0.29) is 37.0 Å². The van der Waals surface area contributed by atoms with E-state index in [0.717, 1.165) is 36.8 Å². The highest BCUT2D eigenvalue weighted by Gasteiger charge is 2.43. The molecule has 0 aromatic heterocycles. The Morgan fingerprint density at radius 1 is 0.889 bits per heavy atom. The molecular formula is C29H38N2O5. The van der Waals surface area contributed by atoms with Gasteiger partial charge in [0.1, 0.15) is 18.3 Å². The van der Waals surface area contributed by atoms with E-state index in [0.29, 0.717) is 17.2 Å². The zero-order chi connectivity index (χ0) is 25.7. The van der Waals surface area contributed by atoms with Crippen LogP contribution in [0.15, 0.2) is 42.5 Å². The second-order valence-corrected chi connectivity index (χ2v) is 9.92. The van der Waals surface area contributed by atoms with Crippen molar-refractivity contribution in [3.05, 3.63) is 53.6 Å². The molecule has 1 aliphatic carbocycles. The van der Waals surface area contributed by atoms with E-state index >= 15 is 0 Å². The summed E-state index contributed by atoms with van der Waals surface area (Å²) in [7, 11) is 3.20. The number of hydrogen-bond donors (Lipinski definition) is 0. The third kappa shape index (κ3) is 5.61. The summed E-state index contributed by atoms with van der Waals surface area (Å²) in [6, 6.07) is 12.5. The maximum absolute atomic E-state index is 14.1. The lowest BCUT2D eigenvalue weighted by molar-refractivity contribution is -0.159. The van der Waals surface area contributed by atoms with Crippen LogP contribution < -0.4 is 14.2 Å². The summed E-state index contributed by atoms with van der Waals surface area (Å²) < 4.78 is 17.0. The average Bonchev–Trinajstić information content (AvgIpc) is 3.16. The van der Waals surface area contributed by atoms with Crippen LogP contribution in [0.3, 0.4) is 0 Å². The van der Waals surface area contributed by atoms with Gasteiger partial charge in [-0.25, -0.2) is 0 Å². The highest BCUT2D eigenvalue weighted by atomic mass is 16.5. The molecule has 7 heteroatoms. The highest BCUT2D eigenvalue weighted by Crippen LogP contribution is 2.38. The summed E-state index contributed by atoms with van der Waals surface area (Å²) in [4.78, 5) is 31.3. The van der Waals surface area contributed by atoms with Gasteiger partial charge in [-0.05, 0) is 50.5 Å². The number of carbonyl (C=O) groups is 2. The Labute approximate surface area is 214 Å². The first-order valence-electron chi connectivity index (χ1n) is 13.0. The Hall–Kier alpha value is -3.22. The monoisotopic (exact) mass is 494 g/mol. The van der Waals surface area contributed by atoms with Gasteiger partial charge in [-0.15, -0.1) is 0 Å². The van der Waals surface area contributed by atoms with Gasteiger partial charge in [0.2, 0.25) is 5.91 Å². The van der Waals surface area contributed by atoms with Gasteiger partial charge < -0.3 is 24.0 Å². The van der Waals surface area contributed by atoms with Crippen LogP contribution in [-0.2, 0) is 16.1 Å². The first kappa shape index (κ1) is 25.9. The standard InChI is InChI=1S/C29H38N2O5/c1-20(2)36-25-16-15-21(17-26(25)35-4)28-29(33)30(23-12-7-5-6-8-13-23)19-27(32)31(28)18-22-11-9-10-14-24(22)34-3/h9-11,14-17,20,23,28H,5-8,12-13,18-19H2,1-4H3. The number of methoxy groups -OCH3 is 2. The van der Waals surface area contributed by atoms with Crippen LogP contribution in [0.2, 0.25) is 0 Å². The lowest BCUT2D eigenvalue weighted by Gasteiger charge is -2.43. The van der Waals surface area contributed by atoms with Gasteiger partial charge in [0, 0.05) is 11.6 Å². The third-order valence-electron chi connectivity index (χ3n) is 7.12. The SMILES string of the molecule is COc1ccccc1CN1C(=O)CN(C2CCCCCC2)C(=O)C1c1ccc(OC(C)C)c(OC)c1. The Morgan fingerprint density at radius 3 is 2.25 bits per heavy atom. The molecule has 2 aromatic rings. The van der Waals surface area contributed by atoms with E-state index in [1.807, 2.05) is 61.2 Å². The van der Waals surface area contributed by atoms with Crippen LogP contribution in [0, 0.1) is 0 Å². The third-order valence-corrected chi connectivity index (χ3v) is 7.12. The molecule has 36 heavy (non-hydrogen) atoms. The van der Waals surface area contributed by atoms with Crippen molar-refractivity contribution in [1.82, 2.24) is 9.80 Å². The van der Waals surface area contributed by atoms with Crippen molar-refractivity contribution < 1.29 is 23.8 Å². The van der Waals surface area contributed by atoms with E-state index < -0.39 is 6.04 Å². The van der Waals surface area contributed by atoms with Gasteiger partial charge >= 0.3 is 0 Å². The molecule has 1 saturated carbocycles. The van der Waals surface area contributed by atoms with E-state index in [1.165, 1.54) is 12.8 Å². The molecule has 0 N–H and O–H groups in total. The molecule has 2 aliphatic rings. The van der Waals surface area contributed by atoms with E-state index in [1.54, 1.807) is 19.1 Å². The molecule has 2 aromatic carbocycles. The second kappa shape index (κ2) is 11.7. The van der Waals surface area contributed by atoms with Gasteiger partial charge in [0.05, 0.1) is 26.9 Å². The van der Waals surface area contributed by atoms with Crippen molar-refractivity contribution in [2.45, 2.75) is 77.1 Å². The number of amides is 2. The zero-order valence-electron chi connectivity index (χ0n) is 21.9. The molecule has 1 atom stereocenters. The van der Waals surface area contributed by atoms with E-state index in [2.05, 4.69) is 0 Å². The zero-order valence-corrected chi connectivity index (χ0v) is 21.9. The Bertz CT molecular complexity index is 1060. The summed E-state index contributed by atoms with van der Waals surface area (Å²) >= 11 is 0. The number of rotatable bonds is 8. The second-order valence-electron chi connectivity index (χ2n) is 9.92. The summed E-state index contributed by atoms with van der Waals surface area (Å²) in [5.41, 5.74) is 1.58. The normalized spacial score (nSPS) is 19.4.